The minimum Gasteiger partial charge on any atom is -0.441 e. The van der Waals surface area contributed by atoms with Gasteiger partial charge in [0.2, 0.25) is 0 Å². The van der Waals surface area contributed by atoms with Gasteiger partial charge in [0.05, 0.1) is 5.69 Å². The zero-order valence-corrected chi connectivity index (χ0v) is 11.6. The summed E-state index contributed by atoms with van der Waals surface area (Å²) < 4.78 is 5.71. The van der Waals surface area contributed by atoms with Crippen molar-refractivity contribution < 1.29 is 4.42 Å². The van der Waals surface area contributed by atoms with Gasteiger partial charge in [-0.15, -0.1) is 0 Å². The summed E-state index contributed by atoms with van der Waals surface area (Å²) in [5, 5.41) is 0. The lowest BCUT2D eigenvalue weighted by molar-refractivity contribution is 0.519. The highest BCUT2D eigenvalue weighted by Crippen LogP contribution is 2.22. The SMILES string of the molecule is Cc1ccc(CCCc2nc3c(N)cccc3o2)cc1. The fourth-order valence-corrected chi connectivity index (χ4v) is 2.32. The maximum absolute atomic E-state index is 5.88. The summed E-state index contributed by atoms with van der Waals surface area (Å²) in [5.74, 6) is 0.769. The third-order valence-electron chi connectivity index (χ3n) is 3.47. The predicted molar refractivity (Wildman–Crippen MR) is 81.6 cm³/mol. The van der Waals surface area contributed by atoms with Crippen LogP contribution in [0, 0.1) is 6.92 Å². The van der Waals surface area contributed by atoms with Gasteiger partial charge in [-0.05, 0) is 37.5 Å². The van der Waals surface area contributed by atoms with Crippen molar-refractivity contribution in [2.75, 3.05) is 5.73 Å². The maximum atomic E-state index is 5.88. The minimum atomic E-state index is 0.677. The van der Waals surface area contributed by atoms with E-state index in [1.165, 1.54) is 11.1 Å². The third kappa shape index (κ3) is 2.67. The van der Waals surface area contributed by atoms with E-state index in [4.69, 9.17) is 10.2 Å². The average Bonchev–Trinajstić information content (AvgIpc) is 2.85. The number of para-hydroxylation sites is 1. The Morgan fingerprint density at radius 3 is 2.60 bits per heavy atom. The number of aryl methyl sites for hydroxylation is 3. The van der Waals surface area contributed by atoms with Crippen LogP contribution in [0.15, 0.2) is 46.9 Å². The number of nitrogen functional groups attached to an aromatic ring is 1. The van der Waals surface area contributed by atoms with Crippen LogP contribution in [0.2, 0.25) is 0 Å². The van der Waals surface area contributed by atoms with Crippen LogP contribution < -0.4 is 5.73 Å². The van der Waals surface area contributed by atoms with E-state index in [0.29, 0.717) is 5.69 Å². The van der Waals surface area contributed by atoms with Crippen LogP contribution in [-0.4, -0.2) is 4.98 Å². The van der Waals surface area contributed by atoms with Gasteiger partial charge in [0.1, 0.15) is 5.52 Å². The molecule has 1 aromatic heterocycles. The molecule has 20 heavy (non-hydrogen) atoms. The number of nitrogens with two attached hydrogens (primary N) is 1. The standard InChI is InChI=1S/C17H18N2O/c1-12-8-10-13(11-9-12)4-2-7-16-19-17-14(18)5-3-6-15(17)20-16/h3,5-6,8-11H,2,4,7,18H2,1H3. The molecule has 3 aromatic rings. The highest BCUT2D eigenvalue weighted by atomic mass is 16.3. The van der Waals surface area contributed by atoms with Crippen molar-refractivity contribution >= 4 is 16.8 Å². The molecule has 102 valence electrons. The number of oxazole rings is 1. The van der Waals surface area contributed by atoms with E-state index < -0.39 is 0 Å². The van der Waals surface area contributed by atoms with E-state index in [1.807, 2.05) is 18.2 Å². The Bertz CT molecular complexity index is 713. The highest BCUT2D eigenvalue weighted by Gasteiger charge is 2.07. The van der Waals surface area contributed by atoms with Gasteiger partial charge in [-0.3, -0.25) is 0 Å². The molecule has 1 heterocycles. The van der Waals surface area contributed by atoms with Crippen LogP contribution in [0.4, 0.5) is 5.69 Å². The Hall–Kier alpha value is -2.29. The molecule has 3 rings (SSSR count). The third-order valence-corrected chi connectivity index (χ3v) is 3.47. The maximum Gasteiger partial charge on any atom is 0.195 e. The Labute approximate surface area is 118 Å². The van der Waals surface area contributed by atoms with Crippen molar-refractivity contribution in [3.8, 4) is 0 Å². The van der Waals surface area contributed by atoms with Crippen LogP contribution >= 0.6 is 0 Å². The number of nitrogens with zero attached hydrogens (tertiary/aromatic N) is 1. The summed E-state index contributed by atoms with van der Waals surface area (Å²) in [6.45, 7) is 2.10. The zero-order valence-electron chi connectivity index (χ0n) is 11.6. The molecule has 0 aliphatic heterocycles. The van der Waals surface area contributed by atoms with Gasteiger partial charge in [-0.25, -0.2) is 4.98 Å². The summed E-state index contributed by atoms with van der Waals surface area (Å²) in [5.41, 5.74) is 10.8. The number of hydrogen-bond donors (Lipinski definition) is 1. The quantitative estimate of drug-likeness (QED) is 0.729. The van der Waals surface area contributed by atoms with E-state index in [-0.39, 0.29) is 0 Å². The van der Waals surface area contributed by atoms with Gasteiger partial charge < -0.3 is 10.2 Å². The van der Waals surface area contributed by atoms with E-state index in [9.17, 15) is 0 Å². The number of anilines is 1. The molecule has 3 heteroatoms. The molecule has 0 unspecified atom stereocenters. The van der Waals surface area contributed by atoms with Gasteiger partial charge in [0.25, 0.3) is 0 Å². The summed E-state index contributed by atoms with van der Waals surface area (Å²) in [6.07, 6.45) is 2.90. The summed E-state index contributed by atoms with van der Waals surface area (Å²) in [6, 6.07) is 14.3. The molecule has 0 radical (unpaired) electrons. The lowest BCUT2D eigenvalue weighted by Crippen LogP contribution is -1.91. The molecule has 0 bridgehead atoms. The number of fused-ring (bicyclic) bond motifs is 1. The largest absolute Gasteiger partial charge is 0.441 e. The Kier molecular flexibility index (Phi) is 3.42. The normalized spacial score (nSPS) is 11.1. The molecule has 0 saturated heterocycles. The first-order chi connectivity index (χ1) is 9.72. The van der Waals surface area contributed by atoms with Gasteiger partial charge in [0.15, 0.2) is 11.5 Å². The van der Waals surface area contributed by atoms with Gasteiger partial charge in [0, 0.05) is 6.42 Å². The number of aromatic nitrogens is 1. The van der Waals surface area contributed by atoms with Crippen LogP contribution in [0.1, 0.15) is 23.4 Å². The second-order valence-corrected chi connectivity index (χ2v) is 5.14. The van der Waals surface area contributed by atoms with Crippen LogP contribution in [0.5, 0.6) is 0 Å². The number of rotatable bonds is 4. The monoisotopic (exact) mass is 266 g/mol. The summed E-state index contributed by atoms with van der Waals surface area (Å²) in [4.78, 5) is 4.47. The van der Waals surface area contributed by atoms with Gasteiger partial charge >= 0.3 is 0 Å². The van der Waals surface area contributed by atoms with E-state index in [0.717, 1.165) is 36.3 Å². The van der Waals surface area contributed by atoms with Crippen molar-refractivity contribution in [3.63, 3.8) is 0 Å². The fourth-order valence-electron chi connectivity index (χ4n) is 2.32. The molecule has 0 amide bonds. The topological polar surface area (TPSA) is 52.0 Å². The molecular weight excluding hydrogens is 248 g/mol. The first kappa shape index (κ1) is 12.7. The first-order valence-corrected chi connectivity index (χ1v) is 6.92. The van der Waals surface area contributed by atoms with E-state index in [1.54, 1.807) is 0 Å². The Morgan fingerprint density at radius 2 is 1.85 bits per heavy atom. The zero-order chi connectivity index (χ0) is 13.9. The van der Waals surface area contributed by atoms with Crippen molar-refractivity contribution in [2.45, 2.75) is 26.2 Å². The molecule has 2 N–H and O–H groups in total. The van der Waals surface area contributed by atoms with Crippen molar-refractivity contribution in [1.82, 2.24) is 4.98 Å². The second-order valence-electron chi connectivity index (χ2n) is 5.14. The lowest BCUT2D eigenvalue weighted by Gasteiger charge is -2.00. The Morgan fingerprint density at radius 1 is 1.05 bits per heavy atom. The number of benzene rings is 2. The first-order valence-electron chi connectivity index (χ1n) is 6.92. The molecule has 0 saturated carbocycles. The summed E-state index contributed by atoms with van der Waals surface area (Å²) >= 11 is 0. The molecule has 0 spiro atoms. The molecule has 0 aliphatic carbocycles. The van der Waals surface area contributed by atoms with Crippen LogP contribution in [0.3, 0.4) is 0 Å². The number of hydrogen-bond acceptors (Lipinski definition) is 3. The minimum absolute atomic E-state index is 0.677. The van der Waals surface area contributed by atoms with Gasteiger partial charge in [-0.2, -0.15) is 0 Å². The molecule has 2 aromatic carbocycles. The van der Waals surface area contributed by atoms with Crippen molar-refractivity contribution in [3.05, 3.63) is 59.5 Å². The van der Waals surface area contributed by atoms with Crippen molar-refractivity contribution in [2.24, 2.45) is 0 Å². The predicted octanol–water partition coefficient (Wildman–Crippen LogP) is 3.89. The molecule has 0 atom stereocenters. The van der Waals surface area contributed by atoms with Gasteiger partial charge in [-0.1, -0.05) is 35.9 Å². The molecular formula is C17H18N2O. The van der Waals surface area contributed by atoms with E-state index >= 15 is 0 Å². The second kappa shape index (κ2) is 5.37. The average molecular weight is 266 g/mol. The lowest BCUT2D eigenvalue weighted by atomic mass is 10.1. The fraction of sp³-hybridized carbons (Fsp3) is 0.235. The smallest absolute Gasteiger partial charge is 0.195 e. The van der Waals surface area contributed by atoms with Crippen LogP contribution in [-0.2, 0) is 12.8 Å². The Balaban J connectivity index is 1.65. The van der Waals surface area contributed by atoms with Crippen molar-refractivity contribution in [1.29, 1.82) is 0 Å². The highest BCUT2D eigenvalue weighted by molar-refractivity contribution is 5.85. The van der Waals surface area contributed by atoms with Crippen LogP contribution in [0.25, 0.3) is 11.1 Å². The molecule has 0 fully saturated rings. The molecule has 3 nitrogen and oxygen atoms in total. The van der Waals surface area contributed by atoms with E-state index in [2.05, 4.69) is 36.2 Å². The summed E-state index contributed by atoms with van der Waals surface area (Å²) in [7, 11) is 0. The molecule has 0 aliphatic rings.